The summed E-state index contributed by atoms with van der Waals surface area (Å²) in [6.45, 7) is 4.52. The predicted molar refractivity (Wildman–Crippen MR) is 108 cm³/mol. The van der Waals surface area contributed by atoms with Crippen molar-refractivity contribution in [1.82, 2.24) is 0 Å². The Kier molecular flexibility index (Phi) is 8.59. The fourth-order valence-electron chi connectivity index (χ4n) is 3.40. The van der Waals surface area contributed by atoms with Gasteiger partial charge in [-0.15, -0.1) is 0 Å². The maximum Gasteiger partial charge on any atom is 0.115 e. The molecule has 0 aliphatic carbocycles. The zero-order valence-corrected chi connectivity index (χ0v) is 16.0. The van der Waals surface area contributed by atoms with Crippen LogP contribution in [0.1, 0.15) is 81.4 Å². The van der Waals surface area contributed by atoms with Gasteiger partial charge in [-0.3, -0.25) is 0 Å². The number of rotatable bonds is 11. The van der Waals surface area contributed by atoms with Crippen molar-refractivity contribution in [2.45, 2.75) is 77.6 Å². The van der Waals surface area contributed by atoms with Crippen LogP contribution < -0.4 is 0 Å². The van der Waals surface area contributed by atoms with E-state index in [1.54, 1.807) is 12.1 Å². The zero-order valence-electron chi connectivity index (χ0n) is 16.0. The minimum absolute atomic E-state index is 0.339. The minimum atomic E-state index is 0.339. The van der Waals surface area contributed by atoms with Crippen molar-refractivity contribution < 1.29 is 5.11 Å². The zero-order chi connectivity index (χ0) is 17.9. The lowest BCUT2D eigenvalue weighted by Gasteiger charge is -2.12. The second kappa shape index (κ2) is 11.0. The van der Waals surface area contributed by atoms with E-state index >= 15 is 0 Å². The van der Waals surface area contributed by atoms with Crippen LogP contribution in [0.5, 0.6) is 5.75 Å². The second-order valence-electron chi connectivity index (χ2n) is 7.38. The topological polar surface area (TPSA) is 20.2 Å². The van der Waals surface area contributed by atoms with Gasteiger partial charge < -0.3 is 5.11 Å². The van der Waals surface area contributed by atoms with Crippen molar-refractivity contribution in [1.29, 1.82) is 0 Å². The van der Waals surface area contributed by atoms with Crippen LogP contribution in [0.4, 0.5) is 0 Å². The van der Waals surface area contributed by atoms with Crippen LogP contribution in [0.3, 0.4) is 0 Å². The second-order valence-corrected chi connectivity index (χ2v) is 7.38. The van der Waals surface area contributed by atoms with Gasteiger partial charge in [0.1, 0.15) is 5.75 Å². The molecule has 0 aromatic heterocycles. The van der Waals surface area contributed by atoms with E-state index in [4.69, 9.17) is 0 Å². The third-order valence-electron chi connectivity index (χ3n) is 5.10. The van der Waals surface area contributed by atoms with Crippen LogP contribution >= 0.6 is 0 Å². The van der Waals surface area contributed by atoms with Crippen molar-refractivity contribution in [3.8, 4) is 5.75 Å². The molecule has 1 unspecified atom stereocenters. The number of phenolic OH excluding ortho intramolecular Hbond substituents is 1. The van der Waals surface area contributed by atoms with Gasteiger partial charge in [0.2, 0.25) is 0 Å². The highest BCUT2D eigenvalue weighted by Crippen LogP contribution is 2.23. The number of phenols is 1. The Morgan fingerprint density at radius 1 is 0.720 bits per heavy atom. The van der Waals surface area contributed by atoms with Gasteiger partial charge in [0.25, 0.3) is 0 Å². The lowest BCUT2D eigenvalue weighted by Crippen LogP contribution is -1.98. The maximum absolute atomic E-state index is 9.40. The summed E-state index contributed by atoms with van der Waals surface area (Å²) in [4.78, 5) is 0. The largest absolute Gasteiger partial charge is 0.508 e. The average Bonchev–Trinajstić information content (AvgIpc) is 2.63. The SMILES string of the molecule is CCCCCCCCCc1ccc(CC(C)c2ccc(O)cc2)cc1. The van der Waals surface area contributed by atoms with Gasteiger partial charge in [0.15, 0.2) is 0 Å². The fourth-order valence-corrected chi connectivity index (χ4v) is 3.40. The molecule has 0 bridgehead atoms. The molecule has 25 heavy (non-hydrogen) atoms. The first-order chi connectivity index (χ1) is 12.2. The Morgan fingerprint density at radius 3 is 1.92 bits per heavy atom. The molecule has 0 saturated heterocycles. The van der Waals surface area contributed by atoms with Crippen LogP contribution in [-0.2, 0) is 12.8 Å². The summed E-state index contributed by atoms with van der Waals surface area (Å²) in [6, 6.07) is 16.8. The van der Waals surface area contributed by atoms with Crippen molar-refractivity contribution in [2.75, 3.05) is 0 Å². The Hall–Kier alpha value is -1.76. The van der Waals surface area contributed by atoms with E-state index in [2.05, 4.69) is 38.1 Å². The van der Waals surface area contributed by atoms with Gasteiger partial charge >= 0.3 is 0 Å². The molecular weight excluding hydrogens is 304 g/mol. The van der Waals surface area contributed by atoms with E-state index in [-0.39, 0.29) is 0 Å². The average molecular weight is 339 g/mol. The minimum Gasteiger partial charge on any atom is -0.508 e. The molecule has 0 amide bonds. The van der Waals surface area contributed by atoms with Crippen LogP contribution in [-0.4, -0.2) is 5.11 Å². The first-order valence-corrected chi connectivity index (χ1v) is 10.1. The Morgan fingerprint density at radius 2 is 1.28 bits per heavy atom. The van der Waals surface area contributed by atoms with E-state index in [0.29, 0.717) is 11.7 Å². The van der Waals surface area contributed by atoms with Crippen molar-refractivity contribution in [2.24, 2.45) is 0 Å². The molecule has 1 atom stereocenters. The van der Waals surface area contributed by atoms with Crippen LogP contribution in [0, 0.1) is 0 Å². The highest BCUT2D eigenvalue weighted by Gasteiger charge is 2.07. The molecule has 0 saturated carbocycles. The summed E-state index contributed by atoms with van der Waals surface area (Å²) in [5.74, 6) is 0.806. The molecule has 2 aromatic rings. The molecule has 1 N–H and O–H groups in total. The number of hydrogen-bond acceptors (Lipinski definition) is 1. The van der Waals surface area contributed by atoms with Crippen LogP contribution in [0.25, 0.3) is 0 Å². The summed E-state index contributed by atoms with van der Waals surface area (Å²) in [6.07, 6.45) is 11.9. The number of aromatic hydroxyl groups is 1. The molecule has 0 spiro atoms. The molecule has 0 fully saturated rings. The normalized spacial score (nSPS) is 12.2. The summed E-state index contributed by atoms with van der Waals surface area (Å²) >= 11 is 0. The maximum atomic E-state index is 9.40. The smallest absolute Gasteiger partial charge is 0.115 e. The number of unbranched alkanes of at least 4 members (excludes halogenated alkanes) is 6. The molecule has 0 radical (unpaired) electrons. The van der Waals surface area contributed by atoms with Crippen LogP contribution in [0.15, 0.2) is 48.5 Å². The highest BCUT2D eigenvalue weighted by atomic mass is 16.3. The van der Waals surface area contributed by atoms with Gasteiger partial charge in [-0.1, -0.05) is 88.8 Å². The first kappa shape index (κ1) is 19.6. The quantitative estimate of drug-likeness (QED) is 0.436. The molecule has 2 aromatic carbocycles. The van der Waals surface area contributed by atoms with Crippen LogP contribution in [0.2, 0.25) is 0 Å². The lowest BCUT2D eigenvalue weighted by molar-refractivity contribution is 0.475. The molecule has 1 heteroatoms. The van der Waals surface area contributed by atoms with E-state index in [1.807, 2.05) is 12.1 Å². The van der Waals surface area contributed by atoms with Crippen molar-refractivity contribution in [3.63, 3.8) is 0 Å². The third-order valence-corrected chi connectivity index (χ3v) is 5.10. The van der Waals surface area contributed by atoms with Crippen molar-refractivity contribution >= 4 is 0 Å². The van der Waals surface area contributed by atoms with Gasteiger partial charge in [0.05, 0.1) is 0 Å². The van der Waals surface area contributed by atoms with E-state index in [0.717, 1.165) is 6.42 Å². The Bertz CT molecular complexity index is 582. The first-order valence-electron chi connectivity index (χ1n) is 10.1. The molecular formula is C24H34O. The molecule has 136 valence electrons. The van der Waals surface area contributed by atoms with Gasteiger partial charge in [-0.2, -0.15) is 0 Å². The molecule has 1 nitrogen and oxygen atoms in total. The number of aryl methyl sites for hydroxylation is 1. The highest BCUT2D eigenvalue weighted by molar-refractivity contribution is 5.30. The fraction of sp³-hybridized carbons (Fsp3) is 0.500. The standard InChI is InChI=1S/C24H34O/c1-3-4-5-6-7-8-9-10-21-11-13-22(14-12-21)19-20(2)23-15-17-24(25)18-16-23/h11-18,20,25H,3-10,19H2,1-2H3. The Balaban J connectivity index is 1.71. The third kappa shape index (κ3) is 7.34. The number of hydrogen-bond donors (Lipinski definition) is 1. The summed E-state index contributed by atoms with van der Waals surface area (Å²) in [7, 11) is 0. The van der Waals surface area contributed by atoms with Gasteiger partial charge in [-0.25, -0.2) is 0 Å². The molecule has 0 aliphatic rings. The van der Waals surface area contributed by atoms with Gasteiger partial charge in [-0.05, 0) is 54.0 Å². The summed E-state index contributed by atoms with van der Waals surface area (Å²) in [5.41, 5.74) is 4.14. The van der Waals surface area contributed by atoms with E-state index < -0.39 is 0 Å². The number of benzene rings is 2. The monoisotopic (exact) mass is 338 g/mol. The molecule has 0 heterocycles. The lowest BCUT2D eigenvalue weighted by atomic mass is 9.93. The summed E-state index contributed by atoms with van der Waals surface area (Å²) < 4.78 is 0. The van der Waals surface area contributed by atoms with E-state index in [9.17, 15) is 5.11 Å². The van der Waals surface area contributed by atoms with Gasteiger partial charge in [0, 0.05) is 0 Å². The summed E-state index contributed by atoms with van der Waals surface area (Å²) in [5, 5.41) is 9.40. The van der Waals surface area contributed by atoms with E-state index in [1.165, 1.54) is 68.1 Å². The predicted octanol–water partition coefficient (Wildman–Crippen LogP) is 7.03. The molecule has 2 rings (SSSR count). The Labute approximate surface area is 154 Å². The molecule has 0 aliphatic heterocycles. The van der Waals surface area contributed by atoms with Crippen molar-refractivity contribution in [3.05, 3.63) is 65.2 Å².